The molecule has 0 spiro atoms. The number of carbonyl (C=O) groups excluding carboxylic acids is 1. The van der Waals surface area contributed by atoms with Crippen LogP contribution in [0, 0.1) is 18.8 Å². The summed E-state index contributed by atoms with van der Waals surface area (Å²) >= 11 is 0. The minimum Gasteiger partial charge on any atom is -0.416 e. The van der Waals surface area contributed by atoms with Crippen molar-refractivity contribution >= 4 is 5.91 Å². The highest BCUT2D eigenvalue weighted by Gasteiger charge is 2.23. The van der Waals surface area contributed by atoms with Gasteiger partial charge in [0, 0.05) is 42.4 Å². The topological polar surface area (TPSA) is 71.3 Å². The molecule has 3 aromatic rings. The van der Waals surface area contributed by atoms with Gasteiger partial charge in [-0.1, -0.05) is 32.0 Å². The van der Waals surface area contributed by atoms with Crippen LogP contribution < -0.4 is 5.32 Å². The molecule has 1 amide bonds. The van der Waals surface area contributed by atoms with E-state index in [4.69, 9.17) is 4.42 Å². The van der Waals surface area contributed by atoms with E-state index in [9.17, 15) is 4.79 Å². The van der Waals surface area contributed by atoms with Gasteiger partial charge in [-0.3, -0.25) is 4.79 Å². The van der Waals surface area contributed by atoms with Crippen molar-refractivity contribution in [3.05, 3.63) is 59.7 Å². The highest BCUT2D eigenvalue weighted by molar-refractivity contribution is 5.94. The molecule has 1 aromatic heterocycles. The van der Waals surface area contributed by atoms with Crippen LogP contribution in [-0.2, 0) is 0 Å². The molecule has 1 fully saturated rings. The van der Waals surface area contributed by atoms with E-state index in [1.165, 1.54) is 6.42 Å². The molecule has 1 N–H and O–H groups in total. The summed E-state index contributed by atoms with van der Waals surface area (Å²) < 4.78 is 5.88. The van der Waals surface area contributed by atoms with E-state index in [0.717, 1.165) is 36.3 Å². The zero-order chi connectivity index (χ0) is 22.7. The quantitative estimate of drug-likeness (QED) is 0.605. The number of piperidine rings is 1. The number of hydrogen-bond donors (Lipinski definition) is 1. The highest BCUT2D eigenvalue weighted by atomic mass is 16.4. The van der Waals surface area contributed by atoms with E-state index in [-0.39, 0.29) is 11.9 Å². The van der Waals surface area contributed by atoms with E-state index in [2.05, 4.69) is 41.2 Å². The first-order valence-corrected chi connectivity index (χ1v) is 11.4. The van der Waals surface area contributed by atoms with Crippen LogP contribution in [0.5, 0.6) is 0 Å². The van der Waals surface area contributed by atoms with Crippen LogP contribution in [0.15, 0.2) is 52.9 Å². The standard InChI is InChI=1S/C26H32N4O2/c1-17-13-18(2)15-30(14-17)16-20(4)27-24(31)21-9-11-22(12-10-21)25-28-29-26(32-25)23-8-6-5-7-19(23)3/h5-12,17-18,20H,13-16H2,1-4H3,(H,27,31). The molecule has 0 saturated carbocycles. The van der Waals surface area contributed by atoms with Gasteiger partial charge in [-0.05, 0) is 68.0 Å². The van der Waals surface area contributed by atoms with Crippen LogP contribution in [0.2, 0.25) is 0 Å². The van der Waals surface area contributed by atoms with Crippen molar-refractivity contribution in [1.29, 1.82) is 0 Å². The van der Waals surface area contributed by atoms with E-state index in [1.807, 2.05) is 43.3 Å². The lowest BCUT2D eigenvalue weighted by Crippen LogP contribution is -2.47. The Bertz CT molecular complexity index is 1050. The number of rotatable bonds is 6. The second kappa shape index (κ2) is 9.65. The van der Waals surface area contributed by atoms with Gasteiger partial charge >= 0.3 is 0 Å². The van der Waals surface area contributed by atoms with Crippen LogP contribution in [-0.4, -0.2) is 46.7 Å². The third-order valence-corrected chi connectivity index (χ3v) is 6.05. The maximum Gasteiger partial charge on any atom is 0.251 e. The van der Waals surface area contributed by atoms with Crippen molar-refractivity contribution in [3.8, 4) is 22.9 Å². The van der Waals surface area contributed by atoms with Gasteiger partial charge < -0.3 is 14.6 Å². The van der Waals surface area contributed by atoms with Gasteiger partial charge in [0.05, 0.1) is 0 Å². The minimum atomic E-state index is -0.0618. The first kappa shape index (κ1) is 22.2. The molecule has 0 radical (unpaired) electrons. The molecule has 6 heteroatoms. The lowest BCUT2D eigenvalue weighted by molar-refractivity contribution is 0.0905. The molecule has 168 valence electrons. The van der Waals surface area contributed by atoms with Crippen LogP contribution in [0.3, 0.4) is 0 Å². The van der Waals surface area contributed by atoms with Gasteiger partial charge in [-0.25, -0.2) is 0 Å². The summed E-state index contributed by atoms with van der Waals surface area (Å²) in [4.78, 5) is 15.2. The molecule has 6 nitrogen and oxygen atoms in total. The number of nitrogens with zero attached hydrogens (tertiary/aromatic N) is 3. The SMILES string of the molecule is Cc1ccccc1-c1nnc(-c2ccc(C(=O)NC(C)CN3CC(C)CC(C)C3)cc2)o1. The molecule has 4 rings (SSSR count). The van der Waals surface area contributed by atoms with Gasteiger partial charge in [-0.2, -0.15) is 0 Å². The maximum atomic E-state index is 12.7. The van der Waals surface area contributed by atoms with Crippen molar-refractivity contribution in [3.63, 3.8) is 0 Å². The molecule has 1 aliphatic rings. The Kier molecular flexibility index (Phi) is 6.70. The minimum absolute atomic E-state index is 0.0618. The Morgan fingerprint density at radius 2 is 1.72 bits per heavy atom. The Morgan fingerprint density at radius 1 is 1.06 bits per heavy atom. The van der Waals surface area contributed by atoms with Crippen molar-refractivity contribution in [2.45, 2.75) is 40.2 Å². The number of nitrogens with one attached hydrogen (secondary N) is 1. The molecule has 2 aromatic carbocycles. The zero-order valence-corrected chi connectivity index (χ0v) is 19.3. The highest BCUT2D eigenvalue weighted by Crippen LogP contribution is 2.26. The summed E-state index contributed by atoms with van der Waals surface area (Å²) in [6, 6.07) is 15.3. The average Bonchev–Trinajstić information content (AvgIpc) is 3.23. The predicted molar refractivity (Wildman–Crippen MR) is 126 cm³/mol. The van der Waals surface area contributed by atoms with Gasteiger partial charge in [0.2, 0.25) is 11.8 Å². The molecule has 0 bridgehead atoms. The summed E-state index contributed by atoms with van der Waals surface area (Å²) in [5, 5.41) is 11.5. The third-order valence-electron chi connectivity index (χ3n) is 6.05. The number of hydrogen-bond acceptors (Lipinski definition) is 5. The number of amides is 1. The number of benzene rings is 2. The second-order valence-electron chi connectivity index (χ2n) is 9.34. The smallest absolute Gasteiger partial charge is 0.251 e. The first-order chi connectivity index (χ1) is 15.4. The lowest BCUT2D eigenvalue weighted by atomic mass is 9.92. The monoisotopic (exact) mass is 432 g/mol. The Morgan fingerprint density at radius 3 is 2.41 bits per heavy atom. The predicted octanol–water partition coefficient (Wildman–Crippen LogP) is 4.81. The summed E-state index contributed by atoms with van der Waals surface area (Å²) in [5.74, 6) is 2.30. The van der Waals surface area contributed by atoms with E-state index >= 15 is 0 Å². The number of carbonyl (C=O) groups is 1. The van der Waals surface area contributed by atoms with Crippen LogP contribution in [0.25, 0.3) is 22.9 Å². The van der Waals surface area contributed by atoms with Gasteiger partial charge in [0.1, 0.15) is 0 Å². The fraction of sp³-hybridized carbons (Fsp3) is 0.423. The molecular weight excluding hydrogens is 400 g/mol. The summed E-state index contributed by atoms with van der Waals surface area (Å²) in [5.41, 5.74) is 3.42. The fourth-order valence-corrected chi connectivity index (χ4v) is 4.71. The Labute approximate surface area is 190 Å². The molecule has 1 aliphatic heterocycles. The van der Waals surface area contributed by atoms with Gasteiger partial charge in [-0.15, -0.1) is 10.2 Å². The Balaban J connectivity index is 1.37. The van der Waals surface area contributed by atoms with Crippen molar-refractivity contribution < 1.29 is 9.21 Å². The molecule has 1 saturated heterocycles. The lowest BCUT2D eigenvalue weighted by Gasteiger charge is -2.36. The molecule has 3 atom stereocenters. The number of aromatic nitrogens is 2. The average molecular weight is 433 g/mol. The summed E-state index contributed by atoms with van der Waals surface area (Å²) in [7, 11) is 0. The normalized spacial score (nSPS) is 20.1. The fourth-order valence-electron chi connectivity index (χ4n) is 4.71. The summed E-state index contributed by atoms with van der Waals surface area (Å²) in [6.07, 6.45) is 1.29. The van der Waals surface area contributed by atoms with Crippen LogP contribution >= 0.6 is 0 Å². The first-order valence-electron chi connectivity index (χ1n) is 11.4. The van der Waals surface area contributed by atoms with E-state index < -0.39 is 0 Å². The van der Waals surface area contributed by atoms with Crippen molar-refractivity contribution in [2.24, 2.45) is 11.8 Å². The zero-order valence-electron chi connectivity index (χ0n) is 19.3. The van der Waals surface area contributed by atoms with Crippen LogP contribution in [0.1, 0.15) is 43.1 Å². The maximum absolute atomic E-state index is 12.7. The molecular formula is C26H32N4O2. The second-order valence-corrected chi connectivity index (χ2v) is 9.34. The van der Waals surface area contributed by atoms with Crippen molar-refractivity contribution in [1.82, 2.24) is 20.4 Å². The van der Waals surface area contributed by atoms with Gasteiger partial charge in [0.15, 0.2) is 0 Å². The van der Waals surface area contributed by atoms with Crippen LogP contribution in [0.4, 0.5) is 0 Å². The Hall–Kier alpha value is -2.99. The molecule has 32 heavy (non-hydrogen) atoms. The molecule has 0 aliphatic carbocycles. The van der Waals surface area contributed by atoms with E-state index in [1.54, 1.807) is 12.1 Å². The van der Waals surface area contributed by atoms with Crippen molar-refractivity contribution in [2.75, 3.05) is 19.6 Å². The molecule has 3 unspecified atom stereocenters. The largest absolute Gasteiger partial charge is 0.416 e. The number of aryl methyl sites for hydroxylation is 1. The van der Waals surface area contributed by atoms with E-state index in [0.29, 0.717) is 29.2 Å². The number of likely N-dealkylation sites (tertiary alicyclic amines) is 1. The third kappa shape index (κ3) is 5.25. The molecule has 2 heterocycles. The van der Waals surface area contributed by atoms with Gasteiger partial charge in [0.25, 0.3) is 5.91 Å². The summed E-state index contributed by atoms with van der Waals surface area (Å²) in [6.45, 7) is 11.8.